The van der Waals surface area contributed by atoms with Gasteiger partial charge in [0, 0.05) is 37.8 Å². The number of likely N-dealkylation sites (tertiary alicyclic amines) is 1. The first kappa shape index (κ1) is 19.5. The number of rotatable bonds is 6. The minimum Gasteiger partial charge on any atom is -0.356 e. The van der Waals surface area contributed by atoms with Crippen LogP contribution in [0.25, 0.3) is 11.3 Å². The summed E-state index contributed by atoms with van der Waals surface area (Å²) in [5.74, 6) is 1.91. The molecule has 2 aromatic heterocycles. The van der Waals surface area contributed by atoms with Crippen molar-refractivity contribution in [3.05, 3.63) is 29.5 Å². The molecule has 1 aliphatic rings. The third kappa shape index (κ3) is 4.53. The molecule has 1 aliphatic heterocycles. The lowest BCUT2D eigenvalue weighted by molar-refractivity contribution is -0.132. The first-order valence-electron chi connectivity index (χ1n) is 9.79. The van der Waals surface area contributed by atoms with E-state index in [1.54, 1.807) is 0 Å². The van der Waals surface area contributed by atoms with Crippen molar-refractivity contribution < 1.29 is 9.32 Å². The molecule has 7 nitrogen and oxygen atoms in total. The average molecular weight is 371 g/mol. The van der Waals surface area contributed by atoms with E-state index in [-0.39, 0.29) is 11.8 Å². The fourth-order valence-electron chi connectivity index (χ4n) is 3.77. The van der Waals surface area contributed by atoms with Crippen LogP contribution in [0.15, 0.2) is 16.8 Å². The first-order valence-corrected chi connectivity index (χ1v) is 9.79. The van der Waals surface area contributed by atoms with Gasteiger partial charge >= 0.3 is 0 Å². The minimum absolute atomic E-state index is 0.200. The lowest BCUT2D eigenvalue weighted by Crippen LogP contribution is -2.43. The van der Waals surface area contributed by atoms with Gasteiger partial charge in [0.05, 0.1) is 23.5 Å². The van der Waals surface area contributed by atoms with Gasteiger partial charge in [-0.3, -0.25) is 9.69 Å². The molecular weight excluding hydrogens is 342 g/mol. The summed E-state index contributed by atoms with van der Waals surface area (Å²) in [5, 5.41) is 4.00. The molecular formula is C20H29N5O2. The molecule has 0 radical (unpaired) electrons. The van der Waals surface area contributed by atoms with Crippen LogP contribution in [0.1, 0.15) is 49.8 Å². The molecule has 3 heterocycles. The second-order valence-electron chi connectivity index (χ2n) is 7.19. The molecule has 0 spiro atoms. The summed E-state index contributed by atoms with van der Waals surface area (Å²) in [4.78, 5) is 25.7. The van der Waals surface area contributed by atoms with Gasteiger partial charge in [-0.15, -0.1) is 0 Å². The summed E-state index contributed by atoms with van der Waals surface area (Å²) < 4.78 is 5.47. The van der Waals surface area contributed by atoms with Crippen LogP contribution in [0.2, 0.25) is 0 Å². The van der Waals surface area contributed by atoms with Gasteiger partial charge in [0.2, 0.25) is 5.91 Å². The van der Waals surface area contributed by atoms with E-state index >= 15 is 0 Å². The van der Waals surface area contributed by atoms with Gasteiger partial charge in [-0.25, -0.2) is 9.97 Å². The summed E-state index contributed by atoms with van der Waals surface area (Å²) in [6.07, 6.45) is 3.93. The van der Waals surface area contributed by atoms with Crippen molar-refractivity contribution in [2.24, 2.45) is 0 Å². The molecule has 7 heteroatoms. The van der Waals surface area contributed by atoms with Crippen molar-refractivity contribution in [2.45, 2.75) is 46.5 Å². The van der Waals surface area contributed by atoms with Gasteiger partial charge in [0.1, 0.15) is 5.82 Å². The second-order valence-corrected chi connectivity index (χ2v) is 7.19. The fraction of sp³-hybridized carbons (Fsp3) is 0.600. The van der Waals surface area contributed by atoms with Gasteiger partial charge in [-0.05, 0) is 47.1 Å². The van der Waals surface area contributed by atoms with Gasteiger partial charge in [0.25, 0.3) is 0 Å². The predicted molar refractivity (Wildman–Crippen MR) is 103 cm³/mol. The predicted octanol–water partition coefficient (Wildman–Crippen LogP) is 2.80. The molecule has 0 bridgehead atoms. The summed E-state index contributed by atoms with van der Waals surface area (Å²) in [7, 11) is 0. The Labute approximate surface area is 160 Å². The van der Waals surface area contributed by atoms with Crippen LogP contribution in [0.3, 0.4) is 0 Å². The third-order valence-electron chi connectivity index (χ3n) is 5.20. The van der Waals surface area contributed by atoms with Crippen LogP contribution in [-0.2, 0) is 4.79 Å². The van der Waals surface area contributed by atoms with E-state index in [0.29, 0.717) is 12.3 Å². The Kier molecular flexibility index (Phi) is 6.21. The quantitative estimate of drug-likeness (QED) is 0.777. The lowest BCUT2D eigenvalue weighted by Gasteiger charge is -2.33. The minimum atomic E-state index is 0.200. The molecule has 0 aromatic carbocycles. The largest absolute Gasteiger partial charge is 0.356 e. The summed E-state index contributed by atoms with van der Waals surface area (Å²) in [5.41, 5.74) is 2.74. The van der Waals surface area contributed by atoms with Crippen molar-refractivity contribution in [2.75, 3.05) is 32.7 Å². The van der Waals surface area contributed by atoms with Crippen LogP contribution in [0.5, 0.6) is 0 Å². The molecule has 146 valence electrons. The number of aromatic nitrogens is 3. The SMILES string of the molecule is CCN(CC)C(=O)CN1CCCC(c2nc(C)ncc2-c2cc(C)no2)C1. The Balaban J connectivity index is 1.80. The molecule has 0 saturated carbocycles. The van der Waals surface area contributed by atoms with Crippen molar-refractivity contribution in [3.63, 3.8) is 0 Å². The molecule has 2 aromatic rings. The monoisotopic (exact) mass is 371 g/mol. The number of carbonyl (C=O) groups excluding carboxylic acids is 1. The Morgan fingerprint density at radius 2 is 2.11 bits per heavy atom. The normalized spacial score (nSPS) is 17.9. The number of aryl methyl sites for hydroxylation is 2. The highest BCUT2D eigenvalue weighted by molar-refractivity contribution is 5.78. The van der Waals surface area contributed by atoms with E-state index in [1.807, 2.05) is 44.9 Å². The molecule has 1 fully saturated rings. The number of amides is 1. The van der Waals surface area contributed by atoms with E-state index in [4.69, 9.17) is 9.51 Å². The number of nitrogens with zero attached hydrogens (tertiary/aromatic N) is 5. The van der Waals surface area contributed by atoms with Crippen LogP contribution in [-0.4, -0.2) is 63.6 Å². The first-order chi connectivity index (χ1) is 13.0. The maximum Gasteiger partial charge on any atom is 0.236 e. The fourth-order valence-corrected chi connectivity index (χ4v) is 3.77. The molecule has 0 aliphatic carbocycles. The highest BCUT2D eigenvalue weighted by Crippen LogP contribution is 2.33. The van der Waals surface area contributed by atoms with Crippen molar-refractivity contribution >= 4 is 5.91 Å². The maximum absolute atomic E-state index is 12.5. The molecule has 27 heavy (non-hydrogen) atoms. The zero-order valence-electron chi connectivity index (χ0n) is 16.7. The maximum atomic E-state index is 12.5. The Morgan fingerprint density at radius 3 is 2.78 bits per heavy atom. The van der Waals surface area contributed by atoms with Crippen LogP contribution >= 0.6 is 0 Å². The van der Waals surface area contributed by atoms with E-state index < -0.39 is 0 Å². The van der Waals surface area contributed by atoms with Crippen LogP contribution in [0.4, 0.5) is 0 Å². The molecule has 1 saturated heterocycles. The summed E-state index contributed by atoms with van der Waals surface area (Å²) >= 11 is 0. The molecule has 1 atom stereocenters. The van der Waals surface area contributed by atoms with Gasteiger partial charge in [0.15, 0.2) is 5.76 Å². The highest BCUT2D eigenvalue weighted by Gasteiger charge is 2.28. The van der Waals surface area contributed by atoms with E-state index in [9.17, 15) is 4.79 Å². The zero-order chi connectivity index (χ0) is 19.4. The lowest BCUT2D eigenvalue weighted by atomic mass is 9.91. The molecule has 3 rings (SSSR count). The van der Waals surface area contributed by atoms with Crippen LogP contribution < -0.4 is 0 Å². The van der Waals surface area contributed by atoms with E-state index in [2.05, 4.69) is 15.0 Å². The second kappa shape index (κ2) is 8.61. The molecule has 1 amide bonds. The summed E-state index contributed by atoms with van der Waals surface area (Å²) in [6.45, 7) is 11.6. The number of piperidine rings is 1. The van der Waals surface area contributed by atoms with E-state index in [1.165, 1.54) is 0 Å². The Morgan fingerprint density at radius 1 is 1.33 bits per heavy atom. The van der Waals surface area contributed by atoms with Crippen molar-refractivity contribution in [3.8, 4) is 11.3 Å². The molecule has 1 unspecified atom stereocenters. The Hall–Kier alpha value is -2.28. The smallest absolute Gasteiger partial charge is 0.236 e. The Bertz CT molecular complexity index is 784. The number of hydrogen-bond acceptors (Lipinski definition) is 6. The number of hydrogen-bond donors (Lipinski definition) is 0. The zero-order valence-corrected chi connectivity index (χ0v) is 16.7. The highest BCUT2D eigenvalue weighted by atomic mass is 16.5. The van der Waals surface area contributed by atoms with E-state index in [0.717, 1.165) is 61.8 Å². The van der Waals surface area contributed by atoms with Gasteiger partial charge < -0.3 is 9.42 Å². The summed E-state index contributed by atoms with van der Waals surface area (Å²) in [6, 6.07) is 1.92. The van der Waals surface area contributed by atoms with Gasteiger partial charge in [-0.1, -0.05) is 5.16 Å². The number of carbonyl (C=O) groups is 1. The molecule has 0 N–H and O–H groups in total. The van der Waals surface area contributed by atoms with Crippen molar-refractivity contribution in [1.29, 1.82) is 0 Å². The third-order valence-corrected chi connectivity index (χ3v) is 5.20. The van der Waals surface area contributed by atoms with Crippen molar-refractivity contribution in [1.82, 2.24) is 24.9 Å². The standard InChI is InChI=1S/C20H29N5O2/c1-5-25(6-2)19(26)13-24-9-7-8-16(12-24)20-17(11-21-15(4)22-20)18-10-14(3)23-27-18/h10-11,16H,5-9,12-13H2,1-4H3. The van der Waals surface area contributed by atoms with Gasteiger partial charge in [-0.2, -0.15) is 0 Å². The average Bonchev–Trinajstić information content (AvgIpc) is 3.09. The number of likely N-dealkylation sites (N-methyl/N-ethyl adjacent to an activating group) is 1. The topological polar surface area (TPSA) is 75.4 Å². The van der Waals surface area contributed by atoms with Crippen LogP contribution in [0, 0.1) is 13.8 Å².